The summed E-state index contributed by atoms with van der Waals surface area (Å²) in [6, 6.07) is 7.85. The minimum absolute atomic E-state index is 0.0724. The lowest BCUT2D eigenvalue weighted by Gasteiger charge is -2.21. The summed E-state index contributed by atoms with van der Waals surface area (Å²) >= 11 is 0. The van der Waals surface area contributed by atoms with Gasteiger partial charge in [-0.25, -0.2) is 0 Å². The number of benzene rings is 1. The third-order valence-electron chi connectivity index (χ3n) is 3.07. The van der Waals surface area contributed by atoms with Crippen LogP contribution in [0.1, 0.15) is 33.3 Å². The minimum Gasteiger partial charge on any atom is -0.481 e. The fourth-order valence-electron chi connectivity index (χ4n) is 1.38. The van der Waals surface area contributed by atoms with Crippen molar-refractivity contribution in [3.05, 3.63) is 29.8 Å². The molecule has 100 valence electrons. The summed E-state index contributed by atoms with van der Waals surface area (Å²) in [5.74, 6) is 1.07. The van der Waals surface area contributed by atoms with Crippen molar-refractivity contribution < 1.29 is 9.53 Å². The van der Waals surface area contributed by atoms with Crippen molar-refractivity contribution in [3.8, 4) is 5.75 Å². The minimum atomic E-state index is -0.478. The second kappa shape index (κ2) is 6.43. The van der Waals surface area contributed by atoms with Crippen molar-refractivity contribution in [1.29, 1.82) is 0 Å². The molecule has 0 saturated heterocycles. The Kier molecular flexibility index (Phi) is 5.20. The number of aryl methyl sites for hydroxylation is 1. The van der Waals surface area contributed by atoms with Crippen LogP contribution in [0, 0.1) is 12.8 Å². The van der Waals surface area contributed by atoms with Crippen LogP contribution in [-0.2, 0) is 4.79 Å². The second-order valence-corrected chi connectivity index (χ2v) is 5.11. The summed E-state index contributed by atoms with van der Waals surface area (Å²) in [7, 11) is 0. The summed E-state index contributed by atoms with van der Waals surface area (Å²) in [5.41, 5.74) is 1.17. The van der Waals surface area contributed by atoms with Crippen molar-refractivity contribution in [2.45, 2.75) is 46.8 Å². The van der Waals surface area contributed by atoms with Gasteiger partial charge in [-0.1, -0.05) is 31.5 Å². The lowest BCUT2D eigenvalue weighted by molar-refractivity contribution is -0.128. The fourth-order valence-corrected chi connectivity index (χ4v) is 1.38. The van der Waals surface area contributed by atoms with Crippen molar-refractivity contribution >= 4 is 5.91 Å². The standard InChI is InChI=1S/C15H23NO2/c1-10(2)12(4)16-15(17)13(5)18-14-8-6-11(3)7-9-14/h6-10,12-13H,1-5H3,(H,16,17)/t12-,13+/m1/s1. The summed E-state index contributed by atoms with van der Waals surface area (Å²) in [6.45, 7) is 9.94. The zero-order valence-electron chi connectivity index (χ0n) is 11.9. The normalized spacial score (nSPS) is 14.1. The Hall–Kier alpha value is -1.51. The molecule has 3 heteroatoms. The maximum Gasteiger partial charge on any atom is 0.260 e. The van der Waals surface area contributed by atoms with E-state index in [0.717, 1.165) is 5.75 Å². The number of carbonyl (C=O) groups is 1. The van der Waals surface area contributed by atoms with E-state index in [-0.39, 0.29) is 11.9 Å². The van der Waals surface area contributed by atoms with Gasteiger partial charge in [-0.15, -0.1) is 0 Å². The average Bonchev–Trinajstić information content (AvgIpc) is 2.31. The number of hydrogen-bond donors (Lipinski definition) is 1. The molecule has 0 spiro atoms. The first kappa shape index (κ1) is 14.6. The van der Waals surface area contributed by atoms with Crippen molar-refractivity contribution in [1.82, 2.24) is 5.32 Å². The molecule has 0 bridgehead atoms. The summed E-state index contributed by atoms with van der Waals surface area (Å²) < 4.78 is 5.60. The molecule has 1 aromatic carbocycles. The third-order valence-corrected chi connectivity index (χ3v) is 3.07. The van der Waals surface area contributed by atoms with Gasteiger partial charge in [-0.05, 0) is 38.8 Å². The first-order valence-corrected chi connectivity index (χ1v) is 6.44. The van der Waals surface area contributed by atoms with Gasteiger partial charge in [0, 0.05) is 6.04 Å². The number of rotatable bonds is 5. The van der Waals surface area contributed by atoms with E-state index in [9.17, 15) is 4.79 Å². The van der Waals surface area contributed by atoms with Gasteiger partial charge in [0.05, 0.1) is 0 Å². The van der Waals surface area contributed by atoms with Crippen LogP contribution in [0.25, 0.3) is 0 Å². The van der Waals surface area contributed by atoms with Gasteiger partial charge in [0.25, 0.3) is 5.91 Å². The molecular weight excluding hydrogens is 226 g/mol. The topological polar surface area (TPSA) is 38.3 Å². The Labute approximate surface area is 110 Å². The van der Waals surface area contributed by atoms with Crippen LogP contribution in [0.15, 0.2) is 24.3 Å². The molecule has 0 aliphatic heterocycles. The molecule has 1 amide bonds. The lowest BCUT2D eigenvalue weighted by atomic mass is 10.1. The molecule has 1 N–H and O–H groups in total. The molecule has 0 aromatic heterocycles. The molecule has 0 radical (unpaired) electrons. The molecule has 0 fully saturated rings. The van der Waals surface area contributed by atoms with Crippen LogP contribution in [-0.4, -0.2) is 18.1 Å². The summed E-state index contributed by atoms with van der Waals surface area (Å²) in [4.78, 5) is 11.9. The van der Waals surface area contributed by atoms with Gasteiger partial charge >= 0.3 is 0 Å². The highest BCUT2D eigenvalue weighted by molar-refractivity contribution is 5.81. The van der Waals surface area contributed by atoms with Gasteiger partial charge in [0.2, 0.25) is 0 Å². The average molecular weight is 249 g/mol. The first-order chi connectivity index (χ1) is 8.40. The van der Waals surface area contributed by atoms with Gasteiger partial charge in [0.1, 0.15) is 5.75 Å². The second-order valence-electron chi connectivity index (χ2n) is 5.11. The fraction of sp³-hybridized carbons (Fsp3) is 0.533. The van der Waals surface area contributed by atoms with Crippen LogP contribution in [0.2, 0.25) is 0 Å². The van der Waals surface area contributed by atoms with Crippen molar-refractivity contribution in [2.75, 3.05) is 0 Å². The van der Waals surface area contributed by atoms with E-state index in [1.165, 1.54) is 5.56 Å². The Morgan fingerprint density at radius 3 is 2.17 bits per heavy atom. The van der Waals surface area contributed by atoms with Gasteiger partial charge in [-0.3, -0.25) is 4.79 Å². The maximum atomic E-state index is 11.9. The SMILES string of the molecule is Cc1ccc(O[C@@H](C)C(=O)N[C@H](C)C(C)C)cc1. The van der Waals surface area contributed by atoms with E-state index in [4.69, 9.17) is 4.74 Å². The highest BCUT2D eigenvalue weighted by Gasteiger charge is 2.18. The van der Waals surface area contributed by atoms with E-state index in [1.54, 1.807) is 6.92 Å². The van der Waals surface area contributed by atoms with Crippen LogP contribution < -0.4 is 10.1 Å². The highest BCUT2D eigenvalue weighted by Crippen LogP contribution is 2.13. The van der Waals surface area contributed by atoms with Crippen LogP contribution in [0.3, 0.4) is 0 Å². The monoisotopic (exact) mass is 249 g/mol. The smallest absolute Gasteiger partial charge is 0.260 e. The van der Waals surface area contributed by atoms with E-state index in [2.05, 4.69) is 19.2 Å². The lowest BCUT2D eigenvalue weighted by Crippen LogP contribution is -2.43. The van der Waals surface area contributed by atoms with E-state index in [0.29, 0.717) is 5.92 Å². The summed E-state index contributed by atoms with van der Waals surface area (Å²) in [5, 5.41) is 2.95. The largest absolute Gasteiger partial charge is 0.481 e. The molecule has 18 heavy (non-hydrogen) atoms. The zero-order valence-corrected chi connectivity index (χ0v) is 11.9. The number of nitrogens with one attached hydrogen (secondary N) is 1. The number of ether oxygens (including phenoxy) is 1. The Balaban J connectivity index is 2.52. The first-order valence-electron chi connectivity index (χ1n) is 6.44. The molecular formula is C15H23NO2. The Bertz CT molecular complexity index is 384. The molecule has 1 rings (SSSR count). The van der Waals surface area contributed by atoms with E-state index >= 15 is 0 Å². The molecule has 1 aromatic rings. The molecule has 0 unspecified atom stereocenters. The number of amides is 1. The molecule has 0 heterocycles. The third kappa shape index (κ3) is 4.40. The predicted molar refractivity (Wildman–Crippen MR) is 73.7 cm³/mol. The maximum absolute atomic E-state index is 11.9. The number of carbonyl (C=O) groups excluding carboxylic acids is 1. The molecule has 0 aliphatic carbocycles. The number of hydrogen-bond acceptors (Lipinski definition) is 2. The van der Waals surface area contributed by atoms with Crippen LogP contribution in [0.5, 0.6) is 5.75 Å². The summed E-state index contributed by atoms with van der Waals surface area (Å²) in [6.07, 6.45) is -0.478. The Morgan fingerprint density at radius 2 is 1.67 bits per heavy atom. The zero-order chi connectivity index (χ0) is 13.7. The van der Waals surface area contributed by atoms with E-state index in [1.807, 2.05) is 38.1 Å². The van der Waals surface area contributed by atoms with Crippen LogP contribution in [0.4, 0.5) is 0 Å². The van der Waals surface area contributed by atoms with Crippen LogP contribution >= 0.6 is 0 Å². The van der Waals surface area contributed by atoms with Gasteiger partial charge in [-0.2, -0.15) is 0 Å². The molecule has 0 saturated carbocycles. The van der Waals surface area contributed by atoms with Gasteiger partial charge < -0.3 is 10.1 Å². The molecule has 0 aliphatic rings. The highest BCUT2D eigenvalue weighted by atomic mass is 16.5. The van der Waals surface area contributed by atoms with Crippen molar-refractivity contribution in [3.63, 3.8) is 0 Å². The van der Waals surface area contributed by atoms with Crippen molar-refractivity contribution in [2.24, 2.45) is 5.92 Å². The van der Waals surface area contributed by atoms with Gasteiger partial charge in [0.15, 0.2) is 6.10 Å². The molecule has 2 atom stereocenters. The quantitative estimate of drug-likeness (QED) is 0.871. The Morgan fingerprint density at radius 1 is 1.11 bits per heavy atom. The van der Waals surface area contributed by atoms with E-state index < -0.39 is 6.10 Å². The predicted octanol–water partition coefficient (Wildman–Crippen LogP) is 2.92. The molecule has 3 nitrogen and oxygen atoms in total.